The summed E-state index contributed by atoms with van der Waals surface area (Å²) in [5.41, 5.74) is 2.07. The van der Waals surface area contributed by atoms with Crippen molar-refractivity contribution in [3.05, 3.63) is 47.5 Å². The lowest BCUT2D eigenvalue weighted by molar-refractivity contribution is 0.241. The van der Waals surface area contributed by atoms with Crippen LogP contribution in [-0.2, 0) is 13.6 Å². The smallest absolute Gasteiger partial charge is 0.225 e. The fourth-order valence-corrected chi connectivity index (χ4v) is 3.29. The molecule has 1 saturated heterocycles. The van der Waals surface area contributed by atoms with Crippen LogP contribution in [0.25, 0.3) is 11.0 Å². The minimum absolute atomic E-state index is 0.726. The number of benzene rings is 1. The van der Waals surface area contributed by atoms with E-state index in [1.165, 1.54) is 0 Å². The van der Waals surface area contributed by atoms with Gasteiger partial charge in [0.2, 0.25) is 5.95 Å². The van der Waals surface area contributed by atoms with Crippen LogP contribution < -0.4 is 4.90 Å². The first-order chi connectivity index (χ1) is 11.7. The lowest BCUT2D eigenvalue weighted by atomic mass is 10.3. The Balaban J connectivity index is 1.45. The average molecular weight is 343 g/mol. The number of anilines is 1. The Morgan fingerprint density at radius 3 is 2.58 bits per heavy atom. The van der Waals surface area contributed by atoms with E-state index < -0.39 is 0 Å². The molecule has 1 aromatic carbocycles. The fourth-order valence-electron chi connectivity index (χ4n) is 3.12. The van der Waals surface area contributed by atoms with E-state index >= 15 is 0 Å². The van der Waals surface area contributed by atoms with E-state index in [4.69, 9.17) is 16.6 Å². The van der Waals surface area contributed by atoms with E-state index in [-0.39, 0.29) is 0 Å². The van der Waals surface area contributed by atoms with Crippen LogP contribution in [0.3, 0.4) is 0 Å². The predicted molar refractivity (Wildman–Crippen MR) is 95.2 cm³/mol. The third-order valence-electron chi connectivity index (χ3n) is 4.51. The SMILES string of the molecule is Cn1c(CN2CCN(c3ncccn3)CC2)nc2cc(Cl)ccc21. The van der Waals surface area contributed by atoms with Crippen LogP contribution in [0.15, 0.2) is 36.7 Å². The Bertz CT molecular complexity index is 839. The summed E-state index contributed by atoms with van der Waals surface area (Å²) in [6.07, 6.45) is 3.58. The van der Waals surface area contributed by atoms with Gasteiger partial charge in [-0.2, -0.15) is 0 Å². The van der Waals surface area contributed by atoms with Crippen molar-refractivity contribution >= 4 is 28.6 Å². The Hall–Kier alpha value is -2.18. The molecular formula is C17H19ClN6. The standard InChI is InChI=1S/C17H19ClN6/c1-22-15-4-3-13(18)11-14(15)21-16(22)12-23-7-9-24(10-8-23)17-19-5-2-6-20-17/h2-6,11H,7-10,12H2,1H3. The highest BCUT2D eigenvalue weighted by molar-refractivity contribution is 6.31. The first-order valence-electron chi connectivity index (χ1n) is 8.06. The summed E-state index contributed by atoms with van der Waals surface area (Å²) >= 11 is 6.07. The molecule has 0 bridgehead atoms. The van der Waals surface area contributed by atoms with Gasteiger partial charge in [-0.15, -0.1) is 0 Å². The Kier molecular flexibility index (Phi) is 4.08. The molecule has 0 aliphatic carbocycles. The maximum atomic E-state index is 6.07. The van der Waals surface area contributed by atoms with Gasteiger partial charge in [-0.05, 0) is 24.3 Å². The lowest BCUT2D eigenvalue weighted by Crippen LogP contribution is -2.46. The van der Waals surface area contributed by atoms with Crippen LogP contribution >= 0.6 is 11.6 Å². The molecule has 0 saturated carbocycles. The maximum absolute atomic E-state index is 6.07. The first-order valence-corrected chi connectivity index (χ1v) is 8.44. The van der Waals surface area contributed by atoms with Gasteiger partial charge in [0.15, 0.2) is 0 Å². The Morgan fingerprint density at radius 1 is 1.08 bits per heavy atom. The molecule has 124 valence electrons. The van der Waals surface area contributed by atoms with Gasteiger partial charge in [-0.3, -0.25) is 4.90 Å². The predicted octanol–water partition coefficient (Wildman–Crippen LogP) is 2.34. The number of hydrogen-bond donors (Lipinski definition) is 0. The third kappa shape index (κ3) is 2.95. The van der Waals surface area contributed by atoms with Crippen molar-refractivity contribution in [2.75, 3.05) is 31.1 Å². The van der Waals surface area contributed by atoms with Crippen molar-refractivity contribution in [2.45, 2.75) is 6.54 Å². The highest BCUT2D eigenvalue weighted by atomic mass is 35.5. The molecule has 0 N–H and O–H groups in total. The molecule has 1 fully saturated rings. The van der Waals surface area contributed by atoms with Crippen LogP contribution in [0.4, 0.5) is 5.95 Å². The zero-order valence-corrected chi connectivity index (χ0v) is 14.3. The number of halogens is 1. The van der Waals surface area contributed by atoms with E-state index in [0.717, 1.165) is 60.6 Å². The highest BCUT2D eigenvalue weighted by Gasteiger charge is 2.20. The van der Waals surface area contributed by atoms with E-state index in [1.54, 1.807) is 12.4 Å². The molecule has 24 heavy (non-hydrogen) atoms. The van der Waals surface area contributed by atoms with Crippen LogP contribution in [0.1, 0.15) is 5.82 Å². The zero-order chi connectivity index (χ0) is 16.5. The molecule has 2 aromatic heterocycles. The molecule has 0 radical (unpaired) electrons. The van der Waals surface area contributed by atoms with Gasteiger partial charge in [-0.1, -0.05) is 11.6 Å². The number of imidazole rings is 1. The monoisotopic (exact) mass is 342 g/mol. The Labute approximate surface area is 145 Å². The number of rotatable bonds is 3. The zero-order valence-electron chi connectivity index (χ0n) is 13.6. The molecule has 0 spiro atoms. The third-order valence-corrected chi connectivity index (χ3v) is 4.74. The van der Waals surface area contributed by atoms with Gasteiger partial charge in [0.1, 0.15) is 5.82 Å². The van der Waals surface area contributed by atoms with E-state index in [0.29, 0.717) is 0 Å². The lowest BCUT2D eigenvalue weighted by Gasteiger charge is -2.34. The van der Waals surface area contributed by atoms with Crippen molar-refractivity contribution in [3.8, 4) is 0 Å². The van der Waals surface area contributed by atoms with Crippen molar-refractivity contribution in [1.82, 2.24) is 24.4 Å². The molecule has 7 heteroatoms. The summed E-state index contributed by atoms with van der Waals surface area (Å²) in [4.78, 5) is 18.0. The van der Waals surface area contributed by atoms with Gasteiger partial charge < -0.3 is 9.47 Å². The summed E-state index contributed by atoms with van der Waals surface area (Å²) < 4.78 is 2.15. The molecule has 0 atom stereocenters. The summed E-state index contributed by atoms with van der Waals surface area (Å²) in [6, 6.07) is 7.70. The van der Waals surface area contributed by atoms with Gasteiger partial charge in [0, 0.05) is 50.6 Å². The summed E-state index contributed by atoms with van der Waals surface area (Å²) in [5.74, 6) is 1.88. The van der Waals surface area contributed by atoms with Gasteiger partial charge in [0.05, 0.1) is 17.6 Å². The Morgan fingerprint density at radius 2 is 1.83 bits per heavy atom. The van der Waals surface area contributed by atoms with Crippen LogP contribution in [0.5, 0.6) is 0 Å². The minimum atomic E-state index is 0.726. The van der Waals surface area contributed by atoms with Gasteiger partial charge >= 0.3 is 0 Å². The van der Waals surface area contributed by atoms with Gasteiger partial charge in [0.25, 0.3) is 0 Å². The normalized spacial score (nSPS) is 16.0. The largest absolute Gasteiger partial charge is 0.338 e. The van der Waals surface area contributed by atoms with Crippen LogP contribution in [-0.4, -0.2) is 50.6 Å². The average Bonchev–Trinajstić information content (AvgIpc) is 2.91. The molecule has 6 nitrogen and oxygen atoms in total. The molecule has 3 aromatic rings. The molecule has 0 unspecified atom stereocenters. The number of fused-ring (bicyclic) bond motifs is 1. The van der Waals surface area contributed by atoms with E-state index in [9.17, 15) is 0 Å². The van der Waals surface area contributed by atoms with Crippen molar-refractivity contribution in [2.24, 2.45) is 7.05 Å². The summed E-state index contributed by atoms with van der Waals surface area (Å²) in [6.45, 7) is 4.65. The second-order valence-electron chi connectivity index (χ2n) is 6.03. The van der Waals surface area contributed by atoms with Crippen LogP contribution in [0.2, 0.25) is 5.02 Å². The summed E-state index contributed by atoms with van der Waals surface area (Å²) in [5, 5.41) is 0.726. The molecular weight excluding hydrogens is 324 g/mol. The van der Waals surface area contributed by atoms with Crippen LogP contribution in [0, 0.1) is 0 Å². The topological polar surface area (TPSA) is 50.1 Å². The number of aryl methyl sites for hydroxylation is 1. The second kappa shape index (κ2) is 6.37. The molecule has 1 aliphatic heterocycles. The summed E-state index contributed by atoms with van der Waals surface area (Å²) in [7, 11) is 2.06. The van der Waals surface area contributed by atoms with Crippen molar-refractivity contribution in [3.63, 3.8) is 0 Å². The number of aromatic nitrogens is 4. The molecule has 3 heterocycles. The highest BCUT2D eigenvalue weighted by Crippen LogP contribution is 2.21. The van der Waals surface area contributed by atoms with Gasteiger partial charge in [-0.25, -0.2) is 15.0 Å². The quantitative estimate of drug-likeness (QED) is 0.731. The molecule has 4 rings (SSSR count). The first kappa shape index (κ1) is 15.4. The number of piperazine rings is 1. The van der Waals surface area contributed by atoms with Crippen molar-refractivity contribution < 1.29 is 0 Å². The van der Waals surface area contributed by atoms with E-state index in [2.05, 4.69) is 31.4 Å². The fraction of sp³-hybridized carbons (Fsp3) is 0.353. The molecule has 0 amide bonds. The second-order valence-corrected chi connectivity index (χ2v) is 6.47. The maximum Gasteiger partial charge on any atom is 0.225 e. The number of hydrogen-bond acceptors (Lipinski definition) is 5. The van der Waals surface area contributed by atoms with Crippen molar-refractivity contribution in [1.29, 1.82) is 0 Å². The van der Waals surface area contributed by atoms with E-state index in [1.807, 2.05) is 24.3 Å². The minimum Gasteiger partial charge on any atom is -0.338 e. The number of nitrogens with zero attached hydrogens (tertiary/aromatic N) is 6. The molecule has 1 aliphatic rings.